The zero-order valence-corrected chi connectivity index (χ0v) is 19.8. The van der Waals surface area contributed by atoms with Gasteiger partial charge in [-0.1, -0.05) is 42.5 Å². The van der Waals surface area contributed by atoms with Crippen molar-refractivity contribution in [1.82, 2.24) is 9.62 Å². The predicted molar refractivity (Wildman–Crippen MR) is 131 cm³/mol. The van der Waals surface area contributed by atoms with Crippen molar-refractivity contribution in [2.45, 2.75) is 49.6 Å². The molecule has 0 unspecified atom stereocenters. The highest BCUT2D eigenvalue weighted by atomic mass is 32.2. The van der Waals surface area contributed by atoms with Crippen LogP contribution in [0.15, 0.2) is 65.6 Å². The number of sulfonamides is 1. The molecule has 34 heavy (non-hydrogen) atoms. The number of anilines is 1. The van der Waals surface area contributed by atoms with Gasteiger partial charge in [-0.3, -0.25) is 9.59 Å². The van der Waals surface area contributed by atoms with E-state index in [4.69, 9.17) is 0 Å². The Hall–Kier alpha value is -3.23. The Labute approximate surface area is 199 Å². The fourth-order valence-corrected chi connectivity index (χ4v) is 6.60. The first kappa shape index (κ1) is 22.6. The Bertz CT molecular complexity index is 1390. The molecular weight excluding hydrogens is 450 g/mol. The molecule has 2 atom stereocenters. The van der Waals surface area contributed by atoms with Crippen molar-refractivity contribution in [3.05, 3.63) is 71.8 Å². The Morgan fingerprint density at radius 3 is 2.50 bits per heavy atom. The maximum absolute atomic E-state index is 13.4. The van der Waals surface area contributed by atoms with Gasteiger partial charge < -0.3 is 10.2 Å². The maximum atomic E-state index is 13.4. The molecule has 2 aliphatic rings. The lowest BCUT2D eigenvalue weighted by Crippen LogP contribution is -2.48. The summed E-state index contributed by atoms with van der Waals surface area (Å²) in [5, 5.41) is 4.14. The standard InChI is InChI=1S/C26H27N3O4S/c1-17-6-2-3-7-20(17)26(31)27-23-11-12-24(22-9-5-4-8-21(22)23)34(32,33)28-18-14-15-29-19(16-18)10-13-25(29)30/h2-9,11-12,18-19,28H,10,13-16H2,1H3,(H,27,31)/t18-,19-/m1/s1. The summed E-state index contributed by atoms with van der Waals surface area (Å²) in [6, 6.07) is 17.6. The van der Waals surface area contributed by atoms with Gasteiger partial charge in [0, 0.05) is 47.1 Å². The Kier molecular flexibility index (Phi) is 5.87. The van der Waals surface area contributed by atoms with Gasteiger partial charge in [-0.25, -0.2) is 13.1 Å². The molecule has 2 saturated heterocycles. The normalized spacial score (nSPS) is 20.4. The number of hydrogen-bond acceptors (Lipinski definition) is 4. The van der Waals surface area contributed by atoms with E-state index in [-0.39, 0.29) is 28.8 Å². The number of rotatable bonds is 5. The molecule has 7 nitrogen and oxygen atoms in total. The number of benzene rings is 3. The van der Waals surface area contributed by atoms with E-state index in [1.807, 2.05) is 42.2 Å². The lowest BCUT2D eigenvalue weighted by atomic mass is 9.99. The van der Waals surface area contributed by atoms with Gasteiger partial charge in [0.2, 0.25) is 15.9 Å². The van der Waals surface area contributed by atoms with Crippen LogP contribution in [0, 0.1) is 6.92 Å². The van der Waals surface area contributed by atoms with Crippen LogP contribution in [0.4, 0.5) is 5.69 Å². The minimum Gasteiger partial charge on any atom is -0.340 e. The summed E-state index contributed by atoms with van der Waals surface area (Å²) in [7, 11) is -3.80. The zero-order chi connectivity index (χ0) is 23.9. The van der Waals surface area contributed by atoms with E-state index in [1.54, 1.807) is 30.3 Å². The minimum absolute atomic E-state index is 0.115. The molecule has 0 saturated carbocycles. The van der Waals surface area contributed by atoms with E-state index in [0.29, 0.717) is 47.8 Å². The fraction of sp³-hybridized carbons (Fsp3) is 0.308. The van der Waals surface area contributed by atoms with Crippen LogP contribution >= 0.6 is 0 Å². The Morgan fingerprint density at radius 2 is 1.71 bits per heavy atom. The van der Waals surface area contributed by atoms with Gasteiger partial charge in [0.05, 0.1) is 4.90 Å². The van der Waals surface area contributed by atoms with Crippen molar-refractivity contribution in [2.75, 3.05) is 11.9 Å². The molecule has 2 fully saturated rings. The number of hydrogen-bond donors (Lipinski definition) is 2. The number of amides is 2. The van der Waals surface area contributed by atoms with E-state index in [9.17, 15) is 18.0 Å². The summed E-state index contributed by atoms with van der Waals surface area (Å²) >= 11 is 0. The van der Waals surface area contributed by atoms with Crippen molar-refractivity contribution in [3.63, 3.8) is 0 Å². The van der Waals surface area contributed by atoms with Crippen LogP contribution in [0.3, 0.4) is 0 Å². The Morgan fingerprint density at radius 1 is 0.971 bits per heavy atom. The highest BCUT2D eigenvalue weighted by Crippen LogP contribution is 2.32. The maximum Gasteiger partial charge on any atom is 0.255 e. The second-order valence-corrected chi connectivity index (χ2v) is 10.7. The molecule has 8 heteroatoms. The van der Waals surface area contributed by atoms with E-state index < -0.39 is 10.0 Å². The van der Waals surface area contributed by atoms with Crippen molar-refractivity contribution >= 4 is 38.3 Å². The van der Waals surface area contributed by atoms with Gasteiger partial charge >= 0.3 is 0 Å². The summed E-state index contributed by atoms with van der Waals surface area (Å²) in [6.07, 6.45) is 2.57. The zero-order valence-electron chi connectivity index (χ0n) is 19.0. The lowest BCUT2D eigenvalue weighted by Gasteiger charge is -2.35. The van der Waals surface area contributed by atoms with Crippen molar-refractivity contribution in [2.24, 2.45) is 0 Å². The number of fused-ring (bicyclic) bond motifs is 2. The fourth-order valence-electron chi connectivity index (χ4n) is 5.11. The summed E-state index contributed by atoms with van der Waals surface area (Å²) in [5.41, 5.74) is 1.99. The monoisotopic (exact) mass is 477 g/mol. The molecule has 5 rings (SSSR count). The molecule has 2 N–H and O–H groups in total. The molecule has 3 aromatic carbocycles. The third kappa shape index (κ3) is 4.19. The van der Waals surface area contributed by atoms with Crippen LogP contribution in [0.1, 0.15) is 41.6 Å². The van der Waals surface area contributed by atoms with E-state index in [2.05, 4.69) is 10.0 Å². The van der Waals surface area contributed by atoms with Crippen LogP contribution in [0.2, 0.25) is 0 Å². The molecule has 0 aromatic heterocycles. The molecule has 0 radical (unpaired) electrons. The third-order valence-corrected chi connectivity index (χ3v) is 8.44. The second kappa shape index (κ2) is 8.85. The summed E-state index contributed by atoms with van der Waals surface area (Å²) in [4.78, 5) is 26.9. The van der Waals surface area contributed by atoms with Crippen molar-refractivity contribution < 1.29 is 18.0 Å². The first-order valence-electron chi connectivity index (χ1n) is 11.5. The van der Waals surface area contributed by atoms with E-state index in [1.165, 1.54) is 0 Å². The third-order valence-electron chi connectivity index (χ3n) is 6.86. The van der Waals surface area contributed by atoms with E-state index in [0.717, 1.165) is 12.0 Å². The summed E-state index contributed by atoms with van der Waals surface area (Å²) < 4.78 is 29.7. The molecule has 2 amide bonds. The van der Waals surface area contributed by atoms with Gasteiger partial charge in [0.15, 0.2) is 0 Å². The number of aryl methyl sites for hydroxylation is 1. The molecule has 176 valence electrons. The molecule has 0 spiro atoms. The lowest BCUT2D eigenvalue weighted by molar-refractivity contribution is -0.129. The Balaban J connectivity index is 1.41. The van der Waals surface area contributed by atoms with Crippen molar-refractivity contribution in [1.29, 1.82) is 0 Å². The van der Waals surface area contributed by atoms with Gasteiger partial charge in [0.1, 0.15) is 0 Å². The second-order valence-electron chi connectivity index (χ2n) is 9.05. The first-order valence-corrected chi connectivity index (χ1v) is 13.0. The summed E-state index contributed by atoms with van der Waals surface area (Å²) in [5.74, 6) is -0.0736. The summed E-state index contributed by atoms with van der Waals surface area (Å²) in [6.45, 7) is 2.46. The smallest absolute Gasteiger partial charge is 0.255 e. The van der Waals surface area contributed by atoms with Crippen LogP contribution in [-0.4, -0.2) is 43.8 Å². The number of nitrogens with one attached hydrogen (secondary N) is 2. The number of carbonyl (C=O) groups is 2. The van der Waals surface area contributed by atoms with Gasteiger partial charge in [-0.2, -0.15) is 0 Å². The van der Waals surface area contributed by atoms with Gasteiger partial charge in [-0.05, 0) is 49.9 Å². The highest BCUT2D eigenvalue weighted by Gasteiger charge is 2.37. The van der Waals surface area contributed by atoms with Crippen LogP contribution in [0.25, 0.3) is 10.8 Å². The van der Waals surface area contributed by atoms with Crippen LogP contribution < -0.4 is 10.0 Å². The quantitative estimate of drug-likeness (QED) is 0.584. The average Bonchev–Trinajstić information content (AvgIpc) is 3.19. The molecule has 2 heterocycles. The highest BCUT2D eigenvalue weighted by molar-refractivity contribution is 7.89. The SMILES string of the molecule is Cc1ccccc1C(=O)Nc1ccc(S(=O)(=O)N[C@@H]2CCN3C(=O)CC[C@@H]3C2)c2ccccc12. The topological polar surface area (TPSA) is 95.6 Å². The van der Waals surface area contributed by atoms with E-state index >= 15 is 0 Å². The van der Waals surface area contributed by atoms with Crippen LogP contribution in [0.5, 0.6) is 0 Å². The average molecular weight is 478 g/mol. The molecule has 0 bridgehead atoms. The molecule has 2 aliphatic heterocycles. The number of nitrogens with zero attached hydrogens (tertiary/aromatic N) is 1. The minimum atomic E-state index is -3.80. The first-order chi connectivity index (χ1) is 16.3. The predicted octanol–water partition coefficient (Wildman–Crippen LogP) is 3.83. The van der Waals surface area contributed by atoms with Gasteiger partial charge in [-0.15, -0.1) is 0 Å². The molecular formula is C26H27N3O4S. The van der Waals surface area contributed by atoms with Gasteiger partial charge in [0.25, 0.3) is 5.91 Å². The largest absolute Gasteiger partial charge is 0.340 e. The molecule has 3 aromatic rings. The number of carbonyl (C=O) groups excluding carboxylic acids is 2. The van der Waals surface area contributed by atoms with Crippen LogP contribution in [-0.2, 0) is 14.8 Å². The number of piperidine rings is 1. The van der Waals surface area contributed by atoms with Crippen molar-refractivity contribution in [3.8, 4) is 0 Å². The molecule has 0 aliphatic carbocycles.